The van der Waals surface area contributed by atoms with E-state index in [1.807, 2.05) is 12.2 Å². The van der Waals surface area contributed by atoms with E-state index < -0.39 is 11.9 Å². The average molecular weight is 410 g/mol. The number of fused-ring (bicyclic) bond motifs is 1. The molecule has 29 heavy (non-hydrogen) atoms. The van der Waals surface area contributed by atoms with Crippen LogP contribution in [0.4, 0.5) is 0 Å². The quantitative estimate of drug-likeness (QED) is 0.318. The molecule has 1 aliphatic carbocycles. The fourth-order valence-corrected chi connectivity index (χ4v) is 3.15. The van der Waals surface area contributed by atoms with E-state index in [0.29, 0.717) is 16.7 Å². The molecule has 0 N–H and O–H groups in total. The van der Waals surface area contributed by atoms with Crippen LogP contribution in [0.15, 0.2) is 68.4 Å². The third kappa shape index (κ3) is 4.50. The van der Waals surface area contributed by atoms with Crippen LogP contribution < -0.4 is 0 Å². The Kier molecular flexibility index (Phi) is 5.63. The van der Waals surface area contributed by atoms with Gasteiger partial charge in [0.2, 0.25) is 0 Å². The van der Waals surface area contributed by atoms with Gasteiger partial charge in [-0.3, -0.25) is 0 Å². The number of carbonyl (C=O) groups excluding carboxylic acids is 2. The molecule has 4 rings (SSSR count). The van der Waals surface area contributed by atoms with Gasteiger partial charge in [0.15, 0.2) is 12.4 Å². The topological polar surface area (TPSA) is 105 Å². The maximum absolute atomic E-state index is 12.1. The van der Waals surface area contributed by atoms with Crippen LogP contribution in [0, 0.1) is 17.8 Å². The summed E-state index contributed by atoms with van der Waals surface area (Å²) in [6.45, 7) is -0.144. The SMILES string of the molecule is O=C(OCC#CCSc1nnc(-c2ccco2)o1)C1=C[C@@H]2C=CC=C[C@H]2OC1=O. The number of hydrogen-bond acceptors (Lipinski definition) is 9. The molecule has 2 atom stereocenters. The highest BCUT2D eigenvalue weighted by Gasteiger charge is 2.33. The monoisotopic (exact) mass is 410 g/mol. The Hall–Kier alpha value is -3.51. The molecule has 0 spiro atoms. The molecule has 0 radical (unpaired) electrons. The minimum Gasteiger partial charge on any atom is -0.459 e. The number of furan rings is 1. The minimum absolute atomic E-state index is 0.112. The second kappa shape index (κ2) is 8.67. The molecule has 3 heterocycles. The number of nitrogens with zero attached hydrogens (tertiary/aromatic N) is 2. The maximum atomic E-state index is 12.1. The second-order valence-corrected chi connectivity index (χ2v) is 6.79. The lowest BCUT2D eigenvalue weighted by molar-refractivity contribution is -0.150. The van der Waals surface area contributed by atoms with Crippen LogP contribution in [0.1, 0.15) is 0 Å². The number of esters is 2. The van der Waals surface area contributed by atoms with Crippen molar-refractivity contribution in [3.63, 3.8) is 0 Å². The highest BCUT2D eigenvalue weighted by Crippen LogP contribution is 2.26. The van der Waals surface area contributed by atoms with Crippen molar-refractivity contribution in [2.45, 2.75) is 11.3 Å². The van der Waals surface area contributed by atoms with E-state index in [1.54, 1.807) is 30.4 Å². The number of rotatable bonds is 5. The zero-order valence-corrected chi connectivity index (χ0v) is 15.8. The number of thioether (sulfide) groups is 1. The van der Waals surface area contributed by atoms with Crippen LogP contribution in [-0.4, -0.2) is 40.6 Å². The van der Waals surface area contributed by atoms with Crippen LogP contribution in [0.2, 0.25) is 0 Å². The van der Waals surface area contributed by atoms with Crippen LogP contribution in [-0.2, 0) is 19.1 Å². The predicted octanol–water partition coefficient (Wildman–Crippen LogP) is 2.56. The molecule has 2 aromatic heterocycles. The molecular weight excluding hydrogens is 396 g/mol. The Morgan fingerprint density at radius 1 is 1.24 bits per heavy atom. The third-order valence-electron chi connectivity index (χ3n) is 3.97. The van der Waals surface area contributed by atoms with Gasteiger partial charge in [0, 0.05) is 5.92 Å². The summed E-state index contributed by atoms with van der Waals surface area (Å²) < 4.78 is 20.9. The normalized spacial score (nSPS) is 19.6. The van der Waals surface area contributed by atoms with Crippen molar-refractivity contribution in [2.75, 3.05) is 12.4 Å². The van der Waals surface area contributed by atoms with Crippen molar-refractivity contribution in [1.82, 2.24) is 10.2 Å². The largest absolute Gasteiger partial charge is 0.459 e. The molecule has 8 nitrogen and oxygen atoms in total. The molecule has 0 fully saturated rings. The van der Waals surface area contributed by atoms with Gasteiger partial charge in [-0.1, -0.05) is 47.9 Å². The summed E-state index contributed by atoms with van der Waals surface area (Å²) in [6.07, 6.45) is 9.97. The van der Waals surface area contributed by atoms with Crippen LogP contribution in [0.5, 0.6) is 0 Å². The first-order valence-corrected chi connectivity index (χ1v) is 9.60. The Balaban J connectivity index is 1.24. The summed E-state index contributed by atoms with van der Waals surface area (Å²) in [5.41, 5.74) is -0.112. The Labute approximate surface area is 169 Å². The summed E-state index contributed by atoms with van der Waals surface area (Å²) in [4.78, 5) is 24.1. The number of hydrogen-bond donors (Lipinski definition) is 0. The lowest BCUT2D eigenvalue weighted by atomic mass is 9.93. The van der Waals surface area contributed by atoms with E-state index in [9.17, 15) is 9.59 Å². The van der Waals surface area contributed by atoms with Crippen molar-refractivity contribution in [3.8, 4) is 23.5 Å². The summed E-state index contributed by atoms with van der Waals surface area (Å²) in [5.74, 6) is 5.06. The molecule has 0 unspecified atom stereocenters. The lowest BCUT2D eigenvalue weighted by Gasteiger charge is -2.26. The van der Waals surface area contributed by atoms with Crippen LogP contribution in [0.25, 0.3) is 11.7 Å². The Morgan fingerprint density at radius 3 is 3.00 bits per heavy atom. The van der Waals surface area contributed by atoms with E-state index in [0.717, 1.165) is 0 Å². The van der Waals surface area contributed by atoms with Crippen molar-refractivity contribution in [2.24, 2.45) is 5.92 Å². The molecule has 146 valence electrons. The molecule has 9 heteroatoms. The molecule has 0 saturated carbocycles. The zero-order valence-electron chi connectivity index (χ0n) is 14.9. The van der Waals surface area contributed by atoms with Crippen molar-refractivity contribution >= 4 is 23.7 Å². The summed E-state index contributed by atoms with van der Waals surface area (Å²) in [5, 5.41) is 8.11. The zero-order chi connectivity index (χ0) is 20.1. The summed E-state index contributed by atoms with van der Waals surface area (Å²) >= 11 is 1.24. The van der Waals surface area contributed by atoms with E-state index in [1.165, 1.54) is 18.0 Å². The molecule has 0 bridgehead atoms. The third-order valence-corrected chi connectivity index (χ3v) is 4.67. The molecule has 0 amide bonds. The van der Waals surface area contributed by atoms with Gasteiger partial charge >= 0.3 is 11.9 Å². The standard InChI is InChI=1S/C20H14N2O6S/c23-18(14-12-13-6-1-2-7-15(13)27-19(14)24)26-9-3-4-11-29-20-22-21-17(28-20)16-8-5-10-25-16/h1-2,5-8,10,12-13,15H,9,11H2/t13-,15+/m0/s1. The Morgan fingerprint density at radius 2 is 2.14 bits per heavy atom. The van der Waals surface area contributed by atoms with Gasteiger partial charge in [-0.25, -0.2) is 9.59 Å². The number of ether oxygens (including phenoxy) is 2. The molecule has 2 aromatic rings. The summed E-state index contributed by atoms with van der Waals surface area (Å²) in [7, 11) is 0. The average Bonchev–Trinajstić information content (AvgIpc) is 3.41. The van der Waals surface area contributed by atoms with Gasteiger partial charge in [0.1, 0.15) is 11.7 Å². The first-order chi connectivity index (χ1) is 14.2. The molecule has 0 saturated heterocycles. The highest BCUT2D eigenvalue weighted by molar-refractivity contribution is 7.99. The van der Waals surface area contributed by atoms with Gasteiger partial charge in [-0.2, -0.15) is 0 Å². The summed E-state index contributed by atoms with van der Waals surface area (Å²) in [6, 6.07) is 3.44. The van der Waals surface area contributed by atoms with Crippen molar-refractivity contribution in [1.29, 1.82) is 0 Å². The van der Waals surface area contributed by atoms with E-state index >= 15 is 0 Å². The second-order valence-electron chi connectivity index (χ2n) is 5.87. The molecule has 1 aliphatic heterocycles. The number of aromatic nitrogens is 2. The molecule has 0 aromatic carbocycles. The van der Waals surface area contributed by atoms with E-state index in [-0.39, 0.29) is 30.1 Å². The lowest BCUT2D eigenvalue weighted by Crippen LogP contribution is -2.33. The number of carbonyl (C=O) groups is 2. The first-order valence-electron chi connectivity index (χ1n) is 8.61. The van der Waals surface area contributed by atoms with Crippen LogP contribution in [0.3, 0.4) is 0 Å². The molecular formula is C20H14N2O6S. The Bertz CT molecular complexity index is 1050. The van der Waals surface area contributed by atoms with Gasteiger partial charge in [0.25, 0.3) is 11.1 Å². The van der Waals surface area contributed by atoms with Gasteiger partial charge in [-0.15, -0.1) is 10.2 Å². The van der Waals surface area contributed by atoms with E-state index in [4.69, 9.17) is 18.3 Å². The van der Waals surface area contributed by atoms with Crippen LogP contribution >= 0.6 is 11.8 Å². The smallest absolute Gasteiger partial charge is 0.346 e. The van der Waals surface area contributed by atoms with Gasteiger partial charge in [-0.05, 0) is 18.2 Å². The minimum atomic E-state index is -0.752. The predicted molar refractivity (Wildman–Crippen MR) is 101 cm³/mol. The fourth-order valence-electron chi connectivity index (χ4n) is 2.62. The van der Waals surface area contributed by atoms with E-state index in [2.05, 4.69) is 22.0 Å². The van der Waals surface area contributed by atoms with Gasteiger partial charge in [0.05, 0.1) is 12.0 Å². The maximum Gasteiger partial charge on any atom is 0.346 e. The first kappa shape index (κ1) is 18.8. The molecule has 2 aliphatic rings. The fraction of sp³-hybridized carbons (Fsp3) is 0.200. The van der Waals surface area contributed by atoms with Crippen molar-refractivity contribution < 1.29 is 27.9 Å². The van der Waals surface area contributed by atoms with Gasteiger partial charge < -0.3 is 18.3 Å². The highest BCUT2D eigenvalue weighted by atomic mass is 32.2. The number of allylic oxidation sites excluding steroid dienone is 2. The van der Waals surface area contributed by atoms with Crippen molar-refractivity contribution in [3.05, 3.63) is 54.3 Å².